The molecule has 0 saturated carbocycles. The number of carbonyl (C=O) groups is 1. The molecule has 1 atom stereocenters. The first-order chi connectivity index (χ1) is 6.75. The number of methoxy groups -OCH3 is 1. The number of rotatable bonds is 5. The average molecular weight is 259 g/mol. The second-order valence-electron chi connectivity index (χ2n) is 2.62. The monoisotopic (exact) mass is 258 g/mol. The van der Waals surface area contributed by atoms with Crippen molar-refractivity contribution in [2.75, 3.05) is 13.9 Å². The summed E-state index contributed by atoms with van der Waals surface area (Å²) in [6.07, 6.45) is 0. The Balaban J connectivity index is 2.57. The molecule has 76 valence electrons. The Labute approximate surface area is 91.1 Å². The minimum atomic E-state index is -0.648. The predicted octanol–water partition coefficient (Wildman–Crippen LogP) is 2.21. The Hall–Kier alpha value is -0.710. The van der Waals surface area contributed by atoms with Gasteiger partial charge in [-0.2, -0.15) is 0 Å². The number of ketones is 1. The molecule has 0 saturated heterocycles. The minimum absolute atomic E-state index is 0.0918. The smallest absolute Gasteiger partial charge is 0.202 e. The van der Waals surface area contributed by atoms with Crippen LogP contribution in [0.15, 0.2) is 30.3 Å². The molecule has 0 heterocycles. The van der Waals surface area contributed by atoms with Crippen LogP contribution in [0.1, 0.15) is 10.4 Å². The Kier molecular flexibility index (Phi) is 4.79. The van der Waals surface area contributed by atoms with E-state index in [2.05, 4.69) is 15.9 Å². The maximum absolute atomic E-state index is 11.6. The van der Waals surface area contributed by atoms with Gasteiger partial charge >= 0.3 is 0 Å². The first-order valence-corrected chi connectivity index (χ1v) is 5.01. The largest absolute Gasteiger partial charge is 0.359 e. The van der Waals surface area contributed by atoms with Crippen LogP contribution in [0.3, 0.4) is 0 Å². The van der Waals surface area contributed by atoms with E-state index in [0.717, 1.165) is 0 Å². The summed E-state index contributed by atoms with van der Waals surface area (Å²) in [5, 5.41) is -0.648. The van der Waals surface area contributed by atoms with Crippen molar-refractivity contribution < 1.29 is 14.3 Å². The first kappa shape index (κ1) is 11.4. The molecule has 0 aliphatic heterocycles. The molecule has 1 aromatic rings. The Bertz CT molecular complexity index is 287. The Morgan fingerprint density at radius 3 is 2.64 bits per heavy atom. The summed E-state index contributed by atoms with van der Waals surface area (Å²) in [6.45, 7) is 0.0918. The van der Waals surface area contributed by atoms with Gasteiger partial charge in [0.05, 0.1) is 0 Å². The summed E-state index contributed by atoms with van der Waals surface area (Å²) in [5.74, 6) is -0.109. The summed E-state index contributed by atoms with van der Waals surface area (Å²) in [6, 6.07) is 8.96. The van der Waals surface area contributed by atoms with E-state index < -0.39 is 5.01 Å². The molecule has 4 heteroatoms. The van der Waals surface area contributed by atoms with Crippen LogP contribution in [0.25, 0.3) is 0 Å². The number of alkyl halides is 1. The lowest BCUT2D eigenvalue weighted by Crippen LogP contribution is -2.18. The van der Waals surface area contributed by atoms with E-state index in [1.807, 2.05) is 18.2 Å². The fourth-order valence-corrected chi connectivity index (χ4v) is 1.31. The van der Waals surface area contributed by atoms with Crippen LogP contribution in [-0.2, 0) is 9.47 Å². The zero-order valence-corrected chi connectivity index (χ0v) is 9.36. The molecule has 0 aliphatic rings. The van der Waals surface area contributed by atoms with Crippen molar-refractivity contribution in [2.45, 2.75) is 5.01 Å². The minimum Gasteiger partial charge on any atom is -0.359 e. The van der Waals surface area contributed by atoms with Gasteiger partial charge in [0.15, 0.2) is 5.01 Å². The molecule has 14 heavy (non-hydrogen) atoms. The molecule has 0 spiro atoms. The van der Waals surface area contributed by atoms with Gasteiger partial charge in [0.1, 0.15) is 6.79 Å². The lowest BCUT2D eigenvalue weighted by Gasteiger charge is -2.09. The van der Waals surface area contributed by atoms with Crippen molar-refractivity contribution >= 4 is 21.7 Å². The van der Waals surface area contributed by atoms with Gasteiger partial charge in [0.25, 0.3) is 0 Å². The van der Waals surface area contributed by atoms with Crippen LogP contribution < -0.4 is 0 Å². The highest BCUT2D eigenvalue weighted by molar-refractivity contribution is 9.09. The number of Topliss-reactive ketones (excluding diaryl/α,β-unsaturated/α-hetero) is 1. The third kappa shape index (κ3) is 3.21. The van der Waals surface area contributed by atoms with Crippen LogP contribution in [0.4, 0.5) is 0 Å². The molecular weight excluding hydrogens is 248 g/mol. The topological polar surface area (TPSA) is 35.5 Å². The van der Waals surface area contributed by atoms with E-state index in [0.29, 0.717) is 5.56 Å². The molecule has 0 aromatic heterocycles. The highest BCUT2D eigenvalue weighted by atomic mass is 79.9. The molecule has 0 fully saturated rings. The molecule has 1 aromatic carbocycles. The zero-order valence-electron chi connectivity index (χ0n) is 7.77. The van der Waals surface area contributed by atoms with Gasteiger partial charge in [-0.25, -0.2) is 0 Å². The van der Waals surface area contributed by atoms with Gasteiger partial charge in [0.2, 0.25) is 5.78 Å². The van der Waals surface area contributed by atoms with E-state index in [1.54, 1.807) is 12.1 Å². The van der Waals surface area contributed by atoms with Crippen LogP contribution in [-0.4, -0.2) is 24.7 Å². The van der Waals surface area contributed by atoms with Crippen LogP contribution in [0.2, 0.25) is 0 Å². The molecule has 0 bridgehead atoms. The van der Waals surface area contributed by atoms with Crippen LogP contribution >= 0.6 is 15.9 Å². The molecule has 0 amide bonds. The number of benzene rings is 1. The number of hydrogen-bond acceptors (Lipinski definition) is 3. The van der Waals surface area contributed by atoms with Gasteiger partial charge in [-0.05, 0) is 15.9 Å². The van der Waals surface area contributed by atoms with Gasteiger partial charge in [-0.1, -0.05) is 30.3 Å². The summed E-state index contributed by atoms with van der Waals surface area (Å²) >= 11 is 3.13. The van der Waals surface area contributed by atoms with Crippen molar-refractivity contribution in [1.82, 2.24) is 0 Å². The fourth-order valence-electron chi connectivity index (χ4n) is 0.937. The van der Waals surface area contributed by atoms with Gasteiger partial charge in [-0.15, -0.1) is 0 Å². The molecule has 0 N–H and O–H groups in total. The van der Waals surface area contributed by atoms with Gasteiger partial charge < -0.3 is 9.47 Å². The Morgan fingerprint density at radius 2 is 2.07 bits per heavy atom. The zero-order chi connectivity index (χ0) is 10.4. The van der Waals surface area contributed by atoms with E-state index in [-0.39, 0.29) is 12.6 Å². The number of ether oxygens (including phenoxy) is 2. The maximum Gasteiger partial charge on any atom is 0.202 e. The van der Waals surface area contributed by atoms with Gasteiger partial charge in [-0.3, -0.25) is 4.79 Å². The third-order valence-electron chi connectivity index (χ3n) is 1.60. The second-order valence-corrected chi connectivity index (χ2v) is 3.45. The molecule has 0 radical (unpaired) electrons. The summed E-state index contributed by atoms with van der Waals surface area (Å²) in [5.41, 5.74) is 0.616. The quantitative estimate of drug-likeness (QED) is 0.462. The highest BCUT2D eigenvalue weighted by Gasteiger charge is 2.16. The van der Waals surface area contributed by atoms with E-state index >= 15 is 0 Å². The summed E-state index contributed by atoms with van der Waals surface area (Å²) in [7, 11) is 1.51. The van der Waals surface area contributed by atoms with Crippen molar-refractivity contribution in [2.24, 2.45) is 0 Å². The van der Waals surface area contributed by atoms with Crippen LogP contribution in [0, 0.1) is 0 Å². The maximum atomic E-state index is 11.6. The molecule has 1 rings (SSSR count). The lowest BCUT2D eigenvalue weighted by molar-refractivity contribution is -0.0323. The standard InChI is InChI=1S/C10H11BrO3/c1-13-7-14-10(11)9(12)8-5-3-2-4-6-8/h2-6,10H,7H2,1H3. The molecule has 0 aliphatic carbocycles. The summed E-state index contributed by atoms with van der Waals surface area (Å²) in [4.78, 5) is 11.6. The summed E-state index contributed by atoms with van der Waals surface area (Å²) < 4.78 is 9.75. The van der Waals surface area contributed by atoms with Crippen molar-refractivity contribution in [3.63, 3.8) is 0 Å². The third-order valence-corrected chi connectivity index (χ3v) is 2.28. The lowest BCUT2D eigenvalue weighted by atomic mass is 10.1. The van der Waals surface area contributed by atoms with Gasteiger partial charge in [0, 0.05) is 12.7 Å². The normalized spacial score (nSPS) is 12.4. The number of halogens is 1. The molecule has 3 nitrogen and oxygen atoms in total. The second kappa shape index (κ2) is 5.90. The van der Waals surface area contributed by atoms with Crippen molar-refractivity contribution in [3.8, 4) is 0 Å². The number of hydrogen-bond donors (Lipinski definition) is 0. The molecule has 1 unspecified atom stereocenters. The van der Waals surface area contributed by atoms with E-state index in [1.165, 1.54) is 7.11 Å². The van der Waals surface area contributed by atoms with Crippen molar-refractivity contribution in [3.05, 3.63) is 35.9 Å². The van der Waals surface area contributed by atoms with E-state index in [4.69, 9.17) is 9.47 Å². The average Bonchev–Trinajstić information content (AvgIpc) is 2.26. The number of carbonyl (C=O) groups excluding carboxylic acids is 1. The highest BCUT2D eigenvalue weighted by Crippen LogP contribution is 2.11. The Morgan fingerprint density at radius 1 is 1.43 bits per heavy atom. The SMILES string of the molecule is COCOC(Br)C(=O)c1ccccc1. The van der Waals surface area contributed by atoms with E-state index in [9.17, 15) is 4.79 Å². The predicted molar refractivity (Wildman–Crippen MR) is 56.4 cm³/mol. The van der Waals surface area contributed by atoms with Crippen LogP contribution in [0.5, 0.6) is 0 Å². The van der Waals surface area contributed by atoms with Crippen molar-refractivity contribution in [1.29, 1.82) is 0 Å². The first-order valence-electron chi connectivity index (χ1n) is 4.09. The fraction of sp³-hybridized carbons (Fsp3) is 0.300. The molecular formula is C10H11BrO3.